The van der Waals surface area contributed by atoms with Gasteiger partial charge in [0.25, 0.3) is 0 Å². The fourth-order valence-corrected chi connectivity index (χ4v) is 3.83. The minimum Gasteiger partial charge on any atom is -0.317 e. The standard InChI is InChI=1S/C14H24N4O2S/c1-3-15-9-13-5-4-8-18(11-13)21(19,20)17-14-7-6-12(2)16-10-14/h6-7,10,13,15,17H,3-5,8-9,11H2,1-2H3. The van der Waals surface area contributed by atoms with Crippen molar-refractivity contribution in [3.8, 4) is 0 Å². The van der Waals surface area contributed by atoms with Crippen molar-refractivity contribution in [2.75, 3.05) is 30.9 Å². The van der Waals surface area contributed by atoms with Crippen LogP contribution in [0.4, 0.5) is 5.69 Å². The Morgan fingerprint density at radius 3 is 2.90 bits per heavy atom. The number of aromatic nitrogens is 1. The Balaban J connectivity index is 1.99. The van der Waals surface area contributed by atoms with E-state index in [1.165, 1.54) is 0 Å². The molecule has 1 aliphatic heterocycles. The van der Waals surface area contributed by atoms with E-state index in [4.69, 9.17) is 0 Å². The van der Waals surface area contributed by atoms with Crippen molar-refractivity contribution >= 4 is 15.9 Å². The summed E-state index contributed by atoms with van der Waals surface area (Å²) in [5, 5.41) is 3.29. The van der Waals surface area contributed by atoms with Gasteiger partial charge >= 0.3 is 10.2 Å². The fraction of sp³-hybridized carbons (Fsp3) is 0.643. The van der Waals surface area contributed by atoms with Crippen LogP contribution in [-0.2, 0) is 10.2 Å². The molecule has 1 aliphatic rings. The van der Waals surface area contributed by atoms with Gasteiger partial charge in [-0.2, -0.15) is 12.7 Å². The van der Waals surface area contributed by atoms with Crippen molar-refractivity contribution in [2.45, 2.75) is 26.7 Å². The fourth-order valence-electron chi connectivity index (χ4n) is 2.50. The van der Waals surface area contributed by atoms with Gasteiger partial charge in [0.2, 0.25) is 0 Å². The van der Waals surface area contributed by atoms with Crippen LogP contribution in [0.15, 0.2) is 18.3 Å². The first-order chi connectivity index (χ1) is 10.0. The van der Waals surface area contributed by atoms with E-state index in [0.717, 1.165) is 31.6 Å². The summed E-state index contributed by atoms with van der Waals surface area (Å²) in [6, 6.07) is 3.53. The average Bonchev–Trinajstić information content (AvgIpc) is 2.48. The molecule has 7 heteroatoms. The molecule has 0 aliphatic carbocycles. The SMILES string of the molecule is CCNCC1CCCN(S(=O)(=O)Nc2ccc(C)nc2)C1. The van der Waals surface area contributed by atoms with Crippen LogP contribution in [0.25, 0.3) is 0 Å². The summed E-state index contributed by atoms with van der Waals surface area (Å²) < 4.78 is 29.0. The topological polar surface area (TPSA) is 74.3 Å². The van der Waals surface area contributed by atoms with Crippen LogP contribution in [-0.4, -0.2) is 43.9 Å². The van der Waals surface area contributed by atoms with Crippen molar-refractivity contribution in [3.63, 3.8) is 0 Å². The number of nitrogens with zero attached hydrogens (tertiary/aromatic N) is 2. The van der Waals surface area contributed by atoms with E-state index in [1.807, 2.05) is 6.92 Å². The molecule has 0 saturated carbocycles. The molecule has 1 aromatic rings. The smallest absolute Gasteiger partial charge is 0.301 e. The molecular formula is C14H24N4O2S. The number of hydrogen-bond acceptors (Lipinski definition) is 4. The number of nitrogens with one attached hydrogen (secondary N) is 2. The van der Waals surface area contributed by atoms with E-state index in [-0.39, 0.29) is 0 Å². The zero-order chi connectivity index (χ0) is 15.3. The summed E-state index contributed by atoms with van der Waals surface area (Å²) in [6.45, 7) is 6.86. The first kappa shape index (κ1) is 16.2. The van der Waals surface area contributed by atoms with Crippen molar-refractivity contribution in [1.82, 2.24) is 14.6 Å². The third kappa shape index (κ3) is 4.66. The van der Waals surface area contributed by atoms with Crippen molar-refractivity contribution < 1.29 is 8.42 Å². The Labute approximate surface area is 127 Å². The molecule has 118 valence electrons. The van der Waals surface area contributed by atoms with Crippen molar-refractivity contribution in [2.24, 2.45) is 5.92 Å². The largest absolute Gasteiger partial charge is 0.317 e. The highest BCUT2D eigenvalue weighted by atomic mass is 32.2. The lowest BCUT2D eigenvalue weighted by Crippen LogP contribution is -2.45. The summed E-state index contributed by atoms with van der Waals surface area (Å²) >= 11 is 0. The Bertz CT molecular complexity index is 545. The van der Waals surface area contributed by atoms with Crippen LogP contribution in [0.2, 0.25) is 0 Å². The Morgan fingerprint density at radius 1 is 1.43 bits per heavy atom. The number of anilines is 1. The molecule has 1 aromatic heterocycles. The zero-order valence-corrected chi connectivity index (χ0v) is 13.5. The van der Waals surface area contributed by atoms with Gasteiger partial charge in [-0.3, -0.25) is 9.71 Å². The third-order valence-electron chi connectivity index (χ3n) is 3.66. The number of rotatable bonds is 6. The maximum absolute atomic E-state index is 12.4. The highest BCUT2D eigenvalue weighted by Gasteiger charge is 2.28. The molecule has 1 saturated heterocycles. The molecule has 1 fully saturated rings. The molecule has 0 amide bonds. The van der Waals surface area contributed by atoms with E-state index in [9.17, 15) is 8.42 Å². The molecule has 0 spiro atoms. The van der Waals surface area contributed by atoms with Gasteiger partial charge in [0.05, 0.1) is 11.9 Å². The predicted molar refractivity (Wildman–Crippen MR) is 84.4 cm³/mol. The molecule has 21 heavy (non-hydrogen) atoms. The molecule has 1 atom stereocenters. The lowest BCUT2D eigenvalue weighted by Gasteiger charge is -2.32. The average molecular weight is 312 g/mol. The number of pyridine rings is 1. The number of piperidine rings is 1. The molecule has 0 bridgehead atoms. The van der Waals surface area contributed by atoms with Gasteiger partial charge in [0, 0.05) is 18.8 Å². The summed E-state index contributed by atoms with van der Waals surface area (Å²) in [5.74, 6) is 0.381. The highest BCUT2D eigenvalue weighted by molar-refractivity contribution is 7.90. The van der Waals surface area contributed by atoms with Crippen LogP contribution in [0.5, 0.6) is 0 Å². The third-order valence-corrected chi connectivity index (χ3v) is 5.17. The van der Waals surface area contributed by atoms with Gasteiger partial charge in [-0.15, -0.1) is 0 Å². The van der Waals surface area contributed by atoms with Crippen LogP contribution < -0.4 is 10.0 Å². The molecule has 2 N–H and O–H groups in total. The van der Waals surface area contributed by atoms with Gasteiger partial charge in [0.1, 0.15) is 0 Å². The number of aryl methyl sites for hydroxylation is 1. The van der Waals surface area contributed by atoms with Crippen molar-refractivity contribution in [1.29, 1.82) is 0 Å². The second-order valence-electron chi connectivity index (χ2n) is 5.47. The van der Waals surface area contributed by atoms with Crippen molar-refractivity contribution in [3.05, 3.63) is 24.0 Å². The molecule has 2 rings (SSSR count). The van der Waals surface area contributed by atoms with E-state index < -0.39 is 10.2 Å². The summed E-state index contributed by atoms with van der Waals surface area (Å²) in [4.78, 5) is 4.11. The predicted octanol–water partition coefficient (Wildman–Crippen LogP) is 1.37. The van der Waals surface area contributed by atoms with E-state index in [2.05, 4.69) is 21.9 Å². The van der Waals surface area contributed by atoms with E-state index in [0.29, 0.717) is 24.7 Å². The monoisotopic (exact) mass is 312 g/mol. The first-order valence-electron chi connectivity index (χ1n) is 7.42. The zero-order valence-electron chi connectivity index (χ0n) is 12.7. The second-order valence-corrected chi connectivity index (χ2v) is 7.14. The molecule has 0 aromatic carbocycles. The van der Waals surface area contributed by atoms with Gasteiger partial charge in [-0.25, -0.2) is 0 Å². The maximum Gasteiger partial charge on any atom is 0.301 e. The van der Waals surface area contributed by atoms with Crippen LogP contribution >= 0.6 is 0 Å². The molecule has 1 unspecified atom stereocenters. The van der Waals surface area contributed by atoms with E-state index >= 15 is 0 Å². The van der Waals surface area contributed by atoms with E-state index in [1.54, 1.807) is 22.6 Å². The van der Waals surface area contributed by atoms with Crippen LogP contribution in [0, 0.1) is 12.8 Å². The number of hydrogen-bond donors (Lipinski definition) is 2. The highest BCUT2D eigenvalue weighted by Crippen LogP contribution is 2.20. The lowest BCUT2D eigenvalue weighted by molar-refractivity contribution is 0.262. The molecule has 2 heterocycles. The van der Waals surface area contributed by atoms with Crippen LogP contribution in [0.1, 0.15) is 25.5 Å². The van der Waals surface area contributed by atoms with Gasteiger partial charge in [-0.05, 0) is 50.9 Å². The minimum atomic E-state index is -3.49. The Morgan fingerprint density at radius 2 is 2.24 bits per heavy atom. The summed E-state index contributed by atoms with van der Waals surface area (Å²) in [6.07, 6.45) is 3.53. The second kappa shape index (κ2) is 7.20. The lowest BCUT2D eigenvalue weighted by atomic mass is 10.00. The maximum atomic E-state index is 12.4. The summed E-state index contributed by atoms with van der Waals surface area (Å²) in [5.41, 5.74) is 1.37. The quantitative estimate of drug-likeness (QED) is 0.832. The molecular weight excluding hydrogens is 288 g/mol. The first-order valence-corrected chi connectivity index (χ1v) is 8.86. The summed E-state index contributed by atoms with van der Waals surface area (Å²) in [7, 11) is -3.49. The normalized spacial score (nSPS) is 20.4. The molecule has 0 radical (unpaired) electrons. The Kier molecular flexibility index (Phi) is 5.55. The Hall–Kier alpha value is -1.18. The van der Waals surface area contributed by atoms with Gasteiger partial charge < -0.3 is 5.32 Å². The van der Waals surface area contributed by atoms with Crippen LogP contribution in [0.3, 0.4) is 0 Å². The molecule has 6 nitrogen and oxygen atoms in total. The van der Waals surface area contributed by atoms with Gasteiger partial charge in [0.15, 0.2) is 0 Å². The van der Waals surface area contributed by atoms with Gasteiger partial charge in [-0.1, -0.05) is 6.92 Å². The minimum absolute atomic E-state index is 0.381.